The van der Waals surface area contributed by atoms with E-state index in [0.29, 0.717) is 17.7 Å². The Labute approximate surface area is 115 Å². The van der Waals surface area contributed by atoms with E-state index in [0.717, 1.165) is 14.0 Å². The highest BCUT2D eigenvalue weighted by molar-refractivity contribution is 14.1. The van der Waals surface area contributed by atoms with Crippen LogP contribution in [0.4, 0.5) is 18.9 Å². The van der Waals surface area contributed by atoms with Crippen molar-refractivity contribution in [1.82, 2.24) is 4.90 Å². The molecule has 1 aliphatic heterocycles. The quantitative estimate of drug-likeness (QED) is 0.563. The first kappa shape index (κ1) is 13.4. The summed E-state index contributed by atoms with van der Waals surface area (Å²) < 4.78 is 37.9. The van der Waals surface area contributed by atoms with Gasteiger partial charge in [-0.05, 0) is 52.3 Å². The molecular formula is C11H10F3IN2O. The molecule has 2 N–H and O–H groups in total. The van der Waals surface area contributed by atoms with Gasteiger partial charge >= 0.3 is 12.1 Å². The minimum atomic E-state index is -4.81. The predicted octanol–water partition coefficient (Wildman–Crippen LogP) is 2.32. The molecule has 2 rings (SSSR count). The van der Waals surface area contributed by atoms with Gasteiger partial charge in [-0.3, -0.25) is 4.79 Å². The number of rotatable bonds is 0. The van der Waals surface area contributed by atoms with Crippen LogP contribution in [0.2, 0.25) is 0 Å². The molecule has 0 aromatic heterocycles. The lowest BCUT2D eigenvalue weighted by Crippen LogP contribution is -2.43. The van der Waals surface area contributed by atoms with Crippen molar-refractivity contribution in [3.05, 3.63) is 26.8 Å². The molecule has 0 aliphatic carbocycles. The zero-order valence-electron chi connectivity index (χ0n) is 9.22. The second-order valence-electron chi connectivity index (χ2n) is 4.11. The summed E-state index contributed by atoms with van der Waals surface area (Å²) in [5, 5.41) is 0. The van der Waals surface area contributed by atoms with Crippen molar-refractivity contribution in [3.63, 3.8) is 0 Å². The largest absolute Gasteiger partial charge is 0.471 e. The van der Waals surface area contributed by atoms with Gasteiger partial charge in [-0.25, -0.2) is 0 Å². The van der Waals surface area contributed by atoms with Crippen LogP contribution >= 0.6 is 22.6 Å². The van der Waals surface area contributed by atoms with E-state index in [1.54, 1.807) is 12.1 Å². The molecule has 0 atom stereocenters. The van der Waals surface area contributed by atoms with Crippen LogP contribution in [-0.2, 0) is 17.8 Å². The molecule has 0 fully saturated rings. The smallest absolute Gasteiger partial charge is 0.398 e. The lowest BCUT2D eigenvalue weighted by molar-refractivity contribution is -0.186. The maximum atomic E-state index is 12.4. The zero-order valence-corrected chi connectivity index (χ0v) is 11.4. The summed E-state index contributed by atoms with van der Waals surface area (Å²) >= 11 is 2.05. The molecule has 0 spiro atoms. The van der Waals surface area contributed by atoms with Gasteiger partial charge in [0, 0.05) is 22.3 Å². The van der Waals surface area contributed by atoms with E-state index in [2.05, 4.69) is 0 Å². The van der Waals surface area contributed by atoms with Crippen molar-refractivity contribution < 1.29 is 18.0 Å². The minimum absolute atomic E-state index is 0.0330. The normalized spacial score (nSPS) is 15.4. The van der Waals surface area contributed by atoms with Gasteiger partial charge in [0.2, 0.25) is 0 Å². The van der Waals surface area contributed by atoms with Crippen molar-refractivity contribution in [2.75, 3.05) is 12.3 Å². The molecule has 1 amide bonds. The van der Waals surface area contributed by atoms with Gasteiger partial charge < -0.3 is 10.6 Å². The third-order valence-electron chi connectivity index (χ3n) is 2.86. The molecule has 3 nitrogen and oxygen atoms in total. The van der Waals surface area contributed by atoms with E-state index >= 15 is 0 Å². The number of benzene rings is 1. The first-order valence-electron chi connectivity index (χ1n) is 5.22. The van der Waals surface area contributed by atoms with Crippen molar-refractivity contribution >= 4 is 34.2 Å². The molecule has 0 bridgehead atoms. The molecule has 98 valence electrons. The summed E-state index contributed by atoms with van der Waals surface area (Å²) in [7, 11) is 0. The van der Waals surface area contributed by atoms with E-state index in [1.807, 2.05) is 22.6 Å². The number of carbonyl (C=O) groups is 1. The Balaban J connectivity index is 2.28. The number of nitrogen functional groups attached to an aromatic ring is 1. The molecule has 1 heterocycles. The number of nitrogens with zero attached hydrogens (tertiary/aromatic N) is 1. The Morgan fingerprint density at radius 3 is 2.67 bits per heavy atom. The molecule has 0 saturated carbocycles. The number of carbonyl (C=O) groups excluding carboxylic acids is 1. The average Bonchev–Trinajstić information content (AvgIpc) is 2.25. The van der Waals surface area contributed by atoms with Crippen LogP contribution in [0.5, 0.6) is 0 Å². The number of halogens is 4. The topological polar surface area (TPSA) is 46.3 Å². The number of nitrogens with two attached hydrogens (primary N) is 1. The summed E-state index contributed by atoms with van der Waals surface area (Å²) in [4.78, 5) is 12.0. The molecule has 1 aromatic rings. The van der Waals surface area contributed by atoms with Crippen LogP contribution in [0.1, 0.15) is 11.1 Å². The molecular weight excluding hydrogens is 360 g/mol. The molecule has 1 aliphatic rings. The second kappa shape index (κ2) is 4.60. The fraction of sp³-hybridized carbons (Fsp3) is 0.364. The summed E-state index contributed by atoms with van der Waals surface area (Å²) in [5.41, 5.74) is 7.94. The highest BCUT2D eigenvalue weighted by Crippen LogP contribution is 2.29. The van der Waals surface area contributed by atoms with Crippen LogP contribution in [-0.4, -0.2) is 23.5 Å². The van der Waals surface area contributed by atoms with Crippen LogP contribution in [0.15, 0.2) is 12.1 Å². The van der Waals surface area contributed by atoms with Crippen molar-refractivity contribution in [2.45, 2.75) is 19.1 Å². The van der Waals surface area contributed by atoms with Crippen molar-refractivity contribution in [2.24, 2.45) is 0 Å². The molecule has 18 heavy (non-hydrogen) atoms. The number of hydrogen-bond acceptors (Lipinski definition) is 2. The van der Waals surface area contributed by atoms with E-state index in [1.165, 1.54) is 0 Å². The van der Waals surface area contributed by atoms with Crippen LogP contribution in [0.25, 0.3) is 0 Å². The first-order chi connectivity index (χ1) is 8.29. The summed E-state index contributed by atoms with van der Waals surface area (Å²) in [6.07, 6.45) is -4.45. The second-order valence-corrected chi connectivity index (χ2v) is 5.35. The van der Waals surface area contributed by atoms with Gasteiger partial charge in [0.25, 0.3) is 0 Å². The fourth-order valence-corrected chi connectivity index (χ4v) is 2.76. The van der Waals surface area contributed by atoms with Gasteiger partial charge in [0.05, 0.1) is 0 Å². The maximum absolute atomic E-state index is 12.4. The van der Waals surface area contributed by atoms with E-state index in [9.17, 15) is 18.0 Å². The predicted molar refractivity (Wildman–Crippen MR) is 68.7 cm³/mol. The monoisotopic (exact) mass is 370 g/mol. The maximum Gasteiger partial charge on any atom is 0.471 e. The Kier molecular flexibility index (Phi) is 3.43. The zero-order chi connectivity index (χ0) is 13.5. The van der Waals surface area contributed by atoms with E-state index in [-0.39, 0.29) is 13.1 Å². The van der Waals surface area contributed by atoms with Crippen LogP contribution in [0, 0.1) is 3.57 Å². The molecule has 1 aromatic carbocycles. The Morgan fingerprint density at radius 2 is 2.06 bits per heavy atom. The number of anilines is 1. The third kappa shape index (κ3) is 2.55. The number of alkyl halides is 3. The van der Waals surface area contributed by atoms with E-state index < -0.39 is 12.1 Å². The Bertz CT molecular complexity index is 502. The van der Waals surface area contributed by atoms with Gasteiger partial charge in [0.1, 0.15) is 0 Å². The van der Waals surface area contributed by atoms with Crippen LogP contribution in [0.3, 0.4) is 0 Å². The SMILES string of the molecule is Nc1cc(I)cc2c1CCN(C(=O)C(F)(F)F)C2. The van der Waals surface area contributed by atoms with E-state index in [4.69, 9.17) is 5.73 Å². The number of hydrogen-bond donors (Lipinski definition) is 1. The Morgan fingerprint density at radius 1 is 1.39 bits per heavy atom. The lowest BCUT2D eigenvalue weighted by atomic mass is 9.98. The molecule has 7 heteroatoms. The minimum Gasteiger partial charge on any atom is -0.398 e. The van der Waals surface area contributed by atoms with Gasteiger partial charge in [0.15, 0.2) is 0 Å². The summed E-state index contributed by atoms with van der Waals surface area (Å²) in [5.74, 6) is -1.79. The number of fused-ring (bicyclic) bond motifs is 1. The summed E-state index contributed by atoms with van der Waals surface area (Å²) in [6, 6.07) is 3.54. The number of amides is 1. The highest BCUT2D eigenvalue weighted by Gasteiger charge is 2.43. The lowest BCUT2D eigenvalue weighted by Gasteiger charge is -2.30. The highest BCUT2D eigenvalue weighted by atomic mass is 127. The standard InChI is InChI=1S/C11H10F3IN2O/c12-11(13,14)10(18)17-2-1-8-6(5-17)3-7(15)4-9(8)16/h3-4H,1-2,5,16H2. The third-order valence-corrected chi connectivity index (χ3v) is 3.49. The van der Waals surface area contributed by atoms with Gasteiger partial charge in [-0.2, -0.15) is 13.2 Å². The van der Waals surface area contributed by atoms with Crippen LogP contribution < -0.4 is 5.73 Å². The van der Waals surface area contributed by atoms with Gasteiger partial charge in [-0.1, -0.05) is 0 Å². The van der Waals surface area contributed by atoms with Crippen molar-refractivity contribution in [3.8, 4) is 0 Å². The Hall–Kier alpha value is -0.990. The molecule has 0 saturated heterocycles. The fourth-order valence-electron chi connectivity index (χ4n) is 2.05. The summed E-state index contributed by atoms with van der Waals surface area (Å²) in [6.45, 7) is 0.0187. The molecule has 0 unspecified atom stereocenters. The average molecular weight is 370 g/mol. The molecule has 0 radical (unpaired) electrons. The van der Waals surface area contributed by atoms with Crippen molar-refractivity contribution in [1.29, 1.82) is 0 Å². The van der Waals surface area contributed by atoms with Gasteiger partial charge in [-0.15, -0.1) is 0 Å². The first-order valence-corrected chi connectivity index (χ1v) is 6.30.